The topological polar surface area (TPSA) is 83.8 Å². The van der Waals surface area contributed by atoms with E-state index in [1.165, 1.54) is 5.57 Å². The summed E-state index contributed by atoms with van der Waals surface area (Å²) in [4.78, 5) is 23.7. The molecule has 4 unspecified atom stereocenters. The molecule has 1 aromatic rings. The molecule has 5 nitrogen and oxygen atoms in total. The van der Waals surface area contributed by atoms with Crippen LogP contribution < -0.4 is 0 Å². The largest absolute Gasteiger partial charge is 0.478 e. The van der Waals surface area contributed by atoms with Crippen molar-refractivity contribution < 1.29 is 24.5 Å². The Morgan fingerprint density at radius 2 is 1.86 bits per heavy atom. The lowest BCUT2D eigenvalue weighted by molar-refractivity contribution is -0.128. The Hall–Kier alpha value is -1.98. The third-order valence-corrected chi connectivity index (χ3v) is 10.6. The second-order valence-electron chi connectivity index (χ2n) is 12.3. The average Bonchev–Trinajstić information content (AvgIpc) is 3.17. The third-order valence-electron chi connectivity index (χ3n) is 10.6. The molecule has 1 aromatic carbocycles. The van der Waals surface area contributed by atoms with Gasteiger partial charge in [-0.15, -0.1) is 0 Å². The number of benzene rings is 1. The van der Waals surface area contributed by atoms with Gasteiger partial charge in [-0.25, -0.2) is 4.79 Å². The Kier molecular flexibility index (Phi) is 6.24. The normalized spacial score (nSPS) is 40.3. The molecule has 0 spiro atoms. The second kappa shape index (κ2) is 8.85. The minimum atomic E-state index is -0.929. The molecule has 0 saturated heterocycles. The molecule has 5 heteroatoms. The maximum Gasteiger partial charge on any atom is 0.335 e. The molecule has 190 valence electrons. The Balaban J connectivity index is 1.38. The fourth-order valence-electron chi connectivity index (χ4n) is 8.73. The van der Waals surface area contributed by atoms with Gasteiger partial charge in [-0.1, -0.05) is 26.0 Å². The highest BCUT2D eigenvalue weighted by Crippen LogP contribution is 2.66. The van der Waals surface area contributed by atoms with Crippen molar-refractivity contribution >= 4 is 11.8 Å². The Morgan fingerprint density at radius 1 is 1.09 bits per heavy atom. The molecule has 0 amide bonds. The fraction of sp³-hybridized carbons (Fsp3) is 0.667. The van der Waals surface area contributed by atoms with Crippen LogP contribution in [0.1, 0.15) is 87.2 Å². The van der Waals surface area contributed by atoms with Crippen molar-refractivity contribution in [3.05, 3.63) is 46.5 Å². The van der Waals surface area contributed by atoms with Crippen molar-refractivity contribution in [2.45, 2.75) is 91.5 Å². The van der Waals surface area contributed by atoms with Gasteiger partial charge in [0.2, 0.25) is 0 Å². The van der Waals surface area contributed by atoms with Gasteiger partial charge in [-0.05, 0) is 116 Å². The third kappa shape index (κ3) is 3.90. The van der Waals surface area contributed by atoms with Crippen LogP contribution in [0.2, 0.25) is 0 Å². The molecule has 2 N–H and O–H groups in total. The SMILES string of the molecule is CC(=O)[C@H]1CCC2C3CC=C4C(OCc5ccc(C(=O)O)cc5C)[C@@H](O)CC[C@]4(C)C3CC[C@@]21C. The maximum atomic E-state index is 12.4. The van der Waals surface area contributed by atoms with Gasteiger partial charge >= 0.3 is 5.97 Å². The zero-order valence-corrected chi connectivity index (χ0v) is 21.5. The van der Waals surface area contributed by atoms with E-state index >= 15 is 0 Å². The van der Waals surface area contributed by atoms with Crippen LogP contribution in [0, 0.1) is 41.4 Å². The summed E-state index contributed by atoms with van der Waals surface area (Å²) >= 11 is 0. The molecule has 4 aliphatic rings. The van der Waals surface area contributed by atoms with E-state index in [1.807, 2.05) is 13.0 Å². The number of carboxylic acids is 1. The first-order chi connectivity index (χ1) is 16.6. The van der Waals surface area contributed by atoms with Gasteiger partial charge in [0.25, 0.3) is 0 Å². The highest BCUT2D eigenvalue weighted by Gasteiger charge is 2.60. The van der Waals surface area contributed by atoms with E-state index in [1.54, 1.807) is 19.1 Å². The lowest BCUT2D eigenvalue weighted by atomic mass is 9.47. The van der Waals surface area contributed by atoms with Crippen LogP contribution in [-0.4, -0.2) is 34.2 Å². The number of Topliss-reactive ketones (excluding diaryl/α,β-unsaturated/α-hetero) is 1. The molecule has 3 saturated carbocycles. The predicted octanol–water partition coefficient (Wildman–Crippen LogP) is 5.72. The minimum absolute atomic E-state index is 0.0185. The average molecular weight is 481 g/mol. The number of aromatic carboxylic acids is 1. The zero-order valence-electron chi connectivity index (χ0n) is 21.5. The summed E-state index contributed by atoms with van der Waals surface area (Å²) in [5.41, 5.74) is 3.55. The quantitative estimate of drug-likeness (QED) is 0.527. The lowest BCUT2D eigenvalue weighted by Gasteiger charge is -2.59. The first kappa shape index (κ1) is 24.7. The van der Waals surface area contributed by atoms with Crippen molar-refractivity contribution in [2.75, 3.05) is 0 Å². The fourth-order valence-corrected chi connectivity index (χ4v) is 8.73. The second-order valence-corrected chi connectivity index (χ2v) is 12.3. The van der Waals surface area contributed by atoms with E-state index in [4.69, 9.17) is 4.74 Å². The molecule has 0 aliphatic heterocycles. The molecule has 8 atom stereocenters. The highest BCUT2D eigenvalue weighted by atomic mass is 16.5. The Labute approximate surface area is 209 Å². The summed E-state index contributed by atoms with van der Waals surface area (Å²) < 4.78 is 6.42. The molecular formula is C30H40O5. The number of aliphatic hydroxyl groups is 1. The monoisotopic (exact) mass is 480 g/mol. The number of aryl methyl sites for hydroxylation is 1. The van der Waals surface area contributed by atoms with E-state index in [0.29, 0.717) is 30.1 Å². The summed E-state index contributed by atoms with van der Waals surface area (Å²) in [6, 6.07) is 5.13. The number of hydrogen-bond acceptors (Lipinski definition) is 4. The number of carboxylic acid groups (broad SMARTS) is 1. The van der Waals surface area contributed by atoms with Gasteiger partial charge in [0.1, 0.15) is 11.9 Å². The van der Waals surface area contributed by atoms with Crippen molar-refractivity contribution in [1.82, 2.24) is 0 Å². The van der Waals surface area contributed by atoms with Gasteiger partial charge in [0.05, 0.1) is 18.3 Å². The number of allylic oxidation sites excluding steroid dienone is 1. The van der Waals surface area contributed by atoms with Gasteiger partial charge < -0.3 is 14.9 Å². The van der Waals surface area contributed by atoms with Crippen LogP contribution in [0.15, 0.2) is 29.8 Å². The maximum absolute atomic E-state index is 12.4. The summed E-state index contributed by atoms with van der Waals surface area (Å²) in [6.45, 7) is 8.82. The van der Waals surface area contributed by atoms with Crippen LogP contribution >= 0.6 is 0 Å². The lowest BCUT2D eigenvalue weighted by Crippen LogP contribution is -2.54. The van der Waals surface area contributed by atoms with Gasteiger partial charge in [-0.3, -0.25) is 4.79 Å². The summed E-state index contributed by atoms with van der Waals surface area (Å²) in [6.07, 6.45) is 8.72. The Morgan fingerprint density at radius 3 is 2.54 bits per heavy atom. The number of fused-ring (bicyclic) bond motifs is 5. The van der Waals surface area contributed by atoms with Crippen molar-refractivity contribution in [2.24, 2.45) is 34.5 Å². The summed E-state index contributed by atoms with van der Waals surface area (Å²) in [7, 11) is 0. The smallest absolute Gasteiger partial charge is 0.335 e. The number of carbonyl (C=O) groups excluding carboxylic acids is 1. The molecule has 0 bridgehead atoms. The van der Waals surface area contributed by atoms with Gasteiger partial charge in [0, 0.05) is 5.92 Å². The Bertz CT molecular complexity index is 1060. The predicted molar refractivity (Wildman–Crippen MR) is 134 cm³/mol. The molecule has 0 heterocycles. The zero-order chi connectivity index (χ0) is 25.1. The van der Waals surface area contributed by atoms with E-state index < -0.39 is 12.1 Å². The first-order valence-electron chi connectivity index (χ1n) is 13.4. The van der Waals surface area contributed by atoms with Crippen molar-refractivity contribution in [3.63, 3.8) is 0 Å². The van der Waals surface area contributed by atoms with Gasteiger partial charge in [0.15, 0.2) is 0 Å². The number of hydrogen-bond donors (Lipinski definition) is 2. The first-order valence-corrected chi connectivity index (χ1v) is 13.4. The molecular weight excluding hydrogens is 440 g/mol. The van der Waals surface area contributed by atoms with E-state index in [-0.39, 0.29) is 28.4 Å². The van der Waals surface area contributed by atoms with E-state index in [9.17, 15) is 19.8 Å². The molecule has 4 aliphatic carbocycles. The van der Waals surface area contributed by atoms with Crippen molar-refractivity contribution in [1.29, 1.82) is 0 Å². The standard InChI is InChI=1S/C30H40O5/c1-17-15-19(28(33)34)5-6-20(17)16-35-27-25-8-7-21-23-10-9-22(18(2)31)29(23,3)13-11-24(21)30(25,4)14-12-26(27)32/h5-6,8,15,21-24,26-27,32H,7,9-14,16H2,1-4H3,(H,33,34)/t21?,22-,23?,24?,26+,27?,29-,30-/m1/s1. The van der Waals surface area contributed by atoms with E-state index in [2.05, 4.69) is 19.9 Å². The molecule has 0 aromatic heterocycles. The van der Waals surface area contributed by atoms with Crippen LogP contribution in [0.25, 0.3) is 0 Å². The number of ketones is 1. The summed E-state index contributed by atoms with van der Waals surface area (Å²) in [5, 5.41) is 20.2. The number of aliphatic hydroxyl groups excluding tert-OH is 1. The highest BCUT2D eigenvalue weighted by molar-refractivity contribution is 5.87. The van der Waals surface area contributed by atoms with Crippen LogP contribution in [0.4, 0.5) is 0 Å². The van der Waals surface area contributed by atoms with Gasteiger partial charge in [-0.2, -0.15) is 0 Å². The van der Waals surface area contributed by atoms with Crippen LogP contribution in [0.5, 0.6) is 0 Å². The molecule has 3 fully saturated rings. The molecule has 5 rings (SSSR count). The number of ether oxygens (including phenoxy) is 1. The summed E-state index contributed by atoms with van der Waals surface area (Å²) in [5.74, 6) is 1.43. The van der Waals surface area contributed by atoms with Crippen LogP contribution in [-0.2, 0) is 16.1 Å². The van der Waals surface area contributed by atoms with Crippen LogP contribution in [0.3, 0.4) is 0 Å². The molecule has 35 heavy (non-hydrogen) atoms. The van der Waals surface area contributed by atoms with Crippen molar-refractivity contribution in [3.8, 4) is 0 Å². The van der Waals surface area contributed by atoms with E-state index in [0.717, 1.165) is 56.1 Å². The number of rotatable bonds is 5. The number of carbonyl (C=O) groups is 2. The molecule has 0 radical (unpaired) electrons. The minimum Gasteiger partial charge on any atom is -0.478 e.